The Morgan fingerprint density at radius 2 is 1.02 bits per heavy atom. The molecule has 0 unspecified atom stereocenters. The maximum atomic E-state index is 6.19. The SMILES string of the molecule is c1ccc(-c2ccccc2N(c2ccc(-c3cccc(-c4cc5ccccc5o4)c3)cc2)c2ccc3c(ccc4ccccc43)c2)cc1. The smallest absolute Gasteiger partial charge is 0.135 e. The molecule has 0 radical (unpaired) electrons. The first-order chi connectivity index (χ1) is 23.8. The van der Waals surface area contributed by atoms with Crippen molar-refractivity contribution in [3.63, 3.8) is 0 Å². The molecule has 8 aromatic carbocycles. The van der Waals surface area contributed by atoms with Crippen LogP contribution in [0.2, 0.25) is 0 Å². The van der Waals surface area contributed by atoms with Crippen molar-refractivity contribution >= 4 is 49.6 Å². The van der Waals surface area contributed by atoms with Gasteiger partial charge < -0.3 is 9.32 Å². The summed E-state index contributed by atoms with van der Waals surface area (Å²) < 4.78 is 6.19. The fourth-order valence-electron chi connectivity index (χ4n) is 6.88. The summed E-state index contributed by atoms with van der Waals surface area (Å²) in [6.07, 6.45) is 0. The molecule has 48 heavy (non-hydrogen) atoms. The molecule has 0 aliphatic carbocycles. The van der Waals surface area contributed by atoms with Crippen LogP contribution in [-0.2, 0) is 0 Å². The number of anilines is 3. The van der Waals surface area contributed by atoms with E-state index in [0.29, 0.717) is 0 Å². The van der Waals surface area contributed by atoms with Crippen molar-refractivity contribution in [3.05, 3.63) is 188 Å². The van der Waals surface area contributed by atoms with Crippen molar-refractivity contribution in [2.75, 3.05) is 4.90 Å². The summed E-state index contributed by atoms with van der Waals surface area (Å²) in [5.41, 5.74) is 9.96. The average Bonchev–Trinajstić information content (AvgIpc) is 3.61. The highest BCUT2D eigenvalue weighted by atomic mass is 16.3. The Labute approximate surface area is 279 Å². The molecule has 0 spiro atoms. The van der Waals surface area contributed by atoms with Gasteiger partial charge in [-0.15, -0.1) is 0 Å². The second kappa shape index (κ2) is 11.8. The monoisotopic (exact) mass is 613 g/mol. The van der Waals surface area contributed by atoms with Crippen molar-refractivity contribution < 1.29 is 4.42 Å². The molecule has 0 aliphatic heterocycles. The minimum atomic E-state index is 0.877. The lowest BCUT2D eigenvalue weighted by Gasteiger charge is -2.28. The minimum Gasteiger partial charge on any atom is -0.456 e. The molecule has 0 atom stereocenters. The molecule has 2 heteroatoms. The zero-order valence-corrected chi connectivity index (χ0v) is 26.3. The first-order valence-electron chi connectivity index (χ1n) is 16.3. The molecule has 9 aromatic rings. The van der Waals surface area contributed by atoms with Crippen LogP contribution in [0, 0.1) is 0 Å². The standard InChI is InChI=1S/C46H31NO/c1-2-11-33(12-3-1)43-18-7-8-19-44(43)47(40-27-28-42-36(30-40)22-21-34-13-4-6-17-41(34)42)39-25-23-32(24-26-39)35-15-10-16-37(29-35)46-31-38-14-5-9-20-45(38)48-46/h1-31H. The molecule has 0 fully saturated rings. The summed E-state index contributed by atoms with van der Waals surface area (Å²) in [7, 11) is 0. The summed E-state index contributed by atoms with van der Waals surface area (Å²) in [5, 5.41) is 6.11. The molecule has 0 amide bonds. The van der Waals surface area contributed by atoms with Gasteiger partial charge in [0.1, 0.15) is 11.3 Å². The molecule has 0 saturated heterocycles. The van der Waals surface area contributed by atoms with Crippen LogP contribution in [-0.4, -0.2) is 0 Å². The van der Waals surface area contributed by atoms with Gasteiger partial charge in [-0.05, 0) is 86.8 Å². The topological polar surface area (TPSA) is 16.4 Å². The van der Waals surface area contributed by atoms with Crippen molar-refractivity contribution in [1.29, 1.82) is 0 Å². The largest absolute Gasteiger partial charge is 0.456 e. The number of nitrogens with zero attached hydrogens (tertiary/aromatic N) is 1. The van der Waals surface area contributed by atoms with Crippen LogP contribution in [0.15, 0.2) is 192 Å². The molecule has 1 heterocycles. The Bertz CT molecular complexity index is 2530. The highest BCUT2D eigenvalue weighted by molar-refractivity contribution is 6.08. The van der Waals surface area contributed by atoms with Crippen molar-refractivity contribution in [2.24, 2.45) is 0 Å². The van der Waals surface area contributed by atoms with E-state index in [4.69, 9.17) is 4.42 Å². The molecule has 9 rings (SSSR count). The van der Waals surface area contributed by atoms with E-state index >= 15 is 0 Å². The number of hydrogen-bond donors (Lipinski definition) is 0. The van der Waals surface area contributed by atoms with Crippen LogP contribution in [0.5, 0.6) is 0 Å². The highest BCUT2D eigenvalue weighted by Gasteiger charge is 2.18. The van der Waals surface area contributed by atoms with Gasteiger partial charge in [-0.2, -0.15) is 0 Å². The van der Waals surface area contributed by atoms with Gasteiger partial charge in [0.25, 0.3) is 0 Å². The Balaban J connectivity index is 1.15. The Kier molecular flexibility index (Phi) is 6.84. The van der Waals surface area contributed by atoms with Crippen molar-refractivity contribution in [1.82, 2.24) is 0 Å². The van der Waals surface area contributed by atoms with Crippen LogP contribution in [0.1, 0.15) is 0 Å². The number of hydrogen-bond acceptors (Lipinski definition) is 2. The summed E-state index contributed by atoms with van der Waals surface area (Å²) in [5.74, 6) is 0.877. The number of rotatable bonds is 6. The van der Waals surface area contributed by atoms with Gasteiger partial charge in [-0.25, -0.2) is 0 Å². The van der Waals surface area contributed by atoms with Gasteiger partial charge in [-0.3, -0.25) is 0 Å². The second-order valence-electron chi connectivity index (χ2n) is 12.2. The lowest BCUT2D eigenvalue weighted by Crippen LogP contribution is -2.11. The number of benzene rings is 8. The Hall–Kier alpha value is -6.38. The molecule has 0 N–H and O–H groups in total. The third kappa shape index (κ3) is 5.01. The summed E-state index contributed by atoms with van der Waals surface area (Å²) >= 11 is 0. The minimum absolute atomic E-state index is 0.877. The molecule has 2 nitrogen and oxygen atoms in total. The van der Waals surface area contributed by atoms with E-state index in [-0.39, 0.29) is 0 Å². The summed E-state index contributed by atoms with van der Waals surface area (Å²) in [4.78, 5) is 2.38. The van der Waals surface area contributed by atoms with E-state index in [1.165, 1.54) is 32.7 Å². The predicted octanol–water partition coefficient (Wildman–Crippen LogP) is 13.2. The van der Waals surface area contributed by atoms with Gasteiger partial charge in [0.2, 0.25) is 0 Å². The van der Waals surface area contributed by atoms with Gasteiger partial charge in [0.15, 0.2) is 0 Å². The quantitative estimate of drug-likeness (QED) is 0.174. The van der Waals surface area contributed by atoms with Gasteiger partial charge in [0, 0.05) is 27.9 Å². The highest BCUT2D eigenvalue weighted by Crippen LogP contribution is 2.42. The van der Waals surface area contributed by atoms with Crippen LogP contribution in [0.25, 0.3) is 66.1 Å². The molecular weight excluding hydrogens is 583 g/mol. The Morgan fingerprint density at radius 3 is 1.90 bits per heavy atom. The zero-order valence-electron chi connectivity index (χ0n) is 26.3. The van der Waals surface area contributed by atoms with Gasteiger partial charge in [-0.1, -0.05) is 140 Å². The molecular formula is C46H31NO. The van der Waals surface area contributed by atoms with Crippen molar-refractivity contribution in [2.45, 2.75) is 0 Å². The average molecular weight is 614 g/mol. The molecule has 1 aromatic heterocycles. The van der Waals surface area contributed by atoms with Crippen LogP contribution in [0.3, 0.4) is 0 Å². The van der Waals surface area contributed by atoms with Gasteiger partial charge >= 0.3 is 0 Å². The van der Waals surface area contributed by atoms with E-state index in [1.807, 2.05) is 18.2 Å². The van der Waals surface area contributed by atoms with E-state index in [0.717, 1.165) is 50.5 Å². The molecule has 0 bridgehead atoms. The predicted molar refractivity (Wildman–Crippen MR) is 202 cm³/mol. The summed E-state index contributed by atoms with van der Waals surface area (Å²) in [6, 6.07) is 67.0. The normalized spacial score (nSPS) is 11.3. The first-order valence-corrected chi connectivity index (χ1v) is 16.3. The number of para-hydroxylation sites is 2. The third-order valence-corrected chi connectivity index (χ3v) is 9.25. The number of furan rings is 1. The van der Waals surface area contributed by atoms with Crippen LogP contribution in [0.4, 0.5) is 17.1 Å². The lowest BCUT2D eigenvalue weighted by atomic mass is 9.99. The zero-order chi connectivity index (χ0) is 31.9. The maximum Gasteiger partial charge on any atom is 0.135 e. The van der Waals surface area contributed by atoms with Crippen molar-refractivity contribution in [3.8, 4) is 33.6 Å². The lowest BCUT2D eigenvalue weighted by molar-refractivity contribution is 0.631. The molecule has 0 saturated carbocycles. The summed E-state index contributed by atoms with van der Waals surface area (Å²) in [6.45, 7) is 0. The van der Waals surface area contributed by atoms with E-state index < -0.39 is 0 Å². The first kappa shape index (κ1) is 27.9. The Morgan fingerprint density at radius 1 is 0.354 bits per heavy atom. The third-order valence-electron chi connectivity index (χ3n) is 9.25. The van der Waals surface area contributed by atoms with E-state index in [2.05, 4.69) is 175 Å². The molecule has 226 valence electrons. The second-order valence-corrected chi connectivity index (χ2v) is 12.2. The van der Waals surface area contributed by atoms with Crippen LogP contribution < -0.4 is 4.90 Å². The van der Waals surface area contributed by atoms with Gasteiger partial charge in [0.05, 0.1) is 5.69 Å². The van der Waals surface area contributed by atoms with E-state index in [9.17, 15) is 0 Å². The fourth-order valence-corrected chi connectivity index (χ4v) is 6.88. The van der Waals surface area contributed by atoms with Crippen LogP contribution >= 0.6 is 0 Å². The fraction of sp³-hybridized carbons (Fsp3) is 0. The number of fused-ring (bicyclic) bond motifs is 4. The maximum absolute atomic E-state index is 6.19. The molecule has 0 aliphatic rings. The van der Waals surface area contributed by atoms with E-state index in [1.54, 1.807) is 0 Å².